The first-order valence-corrected chi connectivity index (χ1v) is 8.05. The predicted molar refractivity (Wildman–Crippen MR) is 81.3 cm³/mol. The van der Waals surface area contributed by atoms with Crippen molar-refractivity contribution in [2.45, 2.75) is 51.5 Å². The standard InChI is InChI=1S/C16H22BrF2N/c1-10(2)8-11-4-3-7-16(20,9-11)14-13(18)6-5-12(17)15(14)19/h5-6,10-11H,3-4,7-9,20H2,1-2H3. The van der Waals surface area contributed by atoms with Crippen LogP contribution in [-0.4, -0.2) is 0 Å². The molecule has 1 aliphatic rings. The summed E-state index contributed by atoms with van der Waals surface area (Å²) in [4.78, 5) is 0. The number of halogens is 3. The summed E-state index contributed by atoms with van der Waals surface area (Å²) < 4.78 is 28.7. The number of benzene rings is 1. The minimum Gasteiger partial charge on any atom is -0.321 e. The van der Waals surface area contributed by atoms with Crippen molar-refractivity contribution in [2.75, 3.05) is 0 Å². The van der Waals surface area contributed by atoms with E-state index in [0.29, 0.717) is 24.7 Å². The molecule has 4 heteroatoms. The normalized spacial score (nSPS) is 27.1. The van der Waals surface area contributed by atoms with E-state index in [2.05, 4.69) is 29.8 Å². The molecule has 2 atom stereocenters. The summed E-state index contributed by atoms with van der Waals surface area (Å²) in [5.74, 6) is -0.0396. The summed E-state index contributed by atoms with van der Waals surface area (Å²) in [5.41, 5.74) is 5.59. The number of hydrogen-bond donors (Lipinski definition) is 1. The van der Waals surface area contributed by atoms with Crippen molar-refractivity contribution in [3.05, 3.63) is 33.8 Å². The fraction of sp³-hybridized carbons (Fsp3) is 0.625. The zero-order valence-corrected chi connectivity index (χ0v) is 13.6. The van der Waals surface area contributed by atoms with Crippen LogP contribution in [0.4, 0.5) is 8.78 Å². The van der Waals surface area contributed by atoms with Crippen molar-refractivity contribution < 1.29 is 8.78 Å². The van der Waals surface area contributed by atoms with Gasteiger partial charge in [-0.25, -0.2) is 8.78 Å². The fourth-order valence-corrected chi connectivity index (χ4v) is 3.83. The van der Waals surface area contributed by atoms with Crippen LogP contribution in [0, 0.1) is 23.5 Å². The van der Waals surface area contributed by atoms with Crippen molar-refractivity contribution in [2.24, 2.45) is 17.6 Å². The number of hydrogen-bond acceptors (Lipinski definition) is 1. The molecule has 0 aliphatic heterocycles. The summed E-state index contributed by atoms with van der Waals surface area (Å²) in [7, 11) is 0. The van der Waals surface area contributed by atoms with E-state index in [4.69, 9.17) is 5.73 Å². The summed E-state index contributed by atoms with van der Waals surface area (Å²) in [5, 5.41) is 0. The van der Waals surface area contributed by atoms with Crippen LogP contribution in [0.2, 0.25) is 0 Å². The SMILES string of the molecule is CC(C)CC1CCCC(N)(c2c(F)ccc(Br)c2F)C1. The van der Waals surface area contributed by atoms with Gasteiger partial charge in [-0.3, -0.25) is 0 Å². The van der Waals surface area contributed by atoms with Crippen LogP contribution in [0.25, 0.3) is 0 Å². The second-order valence-corrected chi connectivity index (χ2v) is 7.32. The maximum Gasteiger partial charge on any atom is 0.145 e. The van der Waals surface area contributed by atoms with E-state index in [1.807, 2.05) is 0 Å². The number of nitrogens with two attached hydrogens (primary N) is 1. The van der Waals surface area contributed by atoms with E-state index in [-0.39, 0.29) is 10.0 Å². The quantitative estimate of drug-likeness (QED) is 0.756. The highest BCUT2D eigenvalue weighted by Gasteiger charge is 2.38. The molecule has 0 amide bonds. The lowest BCUT2D eigenvalue weighted by atomic mass is 9.70. The monoisotopic (exact) mass is 345 g/mol. The Morgan fingerprint density at radius 3 is 2.75 bits per heavy atom. The van der Waals surface area contributed by atoms with Gasteiger partial charge < -0.3 is 5.73 Å². The smallest absolute Gasteiger partial charge is 0.145 e. The first kappa shape index (κ1) is 15.9. The average molecular weight is 346 g/mol. The van der Waals surface area contributed by atoms with Crippen LogP contribution < -0.4 is 5.73 Å². The molecule has 0 spiro atoms. The molecule has 0 heterocycles. The fourth-order valence-electron chi connectivity index (χ4n) is 3.50. The highest BCUT2D eigenvalue weighted by atomic mass is 79.9. The third-order valence-electron chi connectivity index (χ3n) is 4.23. The maximum absolute atomic E-state index is 14.3. The minimum absolute atomic E-state index is 0.0559. The van der Waals surface area contributed by atoms with E-state index in [9.17, 15) is 8.78 Å². The van der Waals surface area contributed by atoms with Gasteiger partial charge in [0.1, 0.15) is 11.6 Å². The van der Waals surface area contributed by atoms with Crippen LogP contribution in [-0.2, 0) is 5.54 Å². The molecule has 1 aromatic carbocycles. The molecule has 1 fully saturated rings. The van der Waals surface area contributed by atoms with Gasteiger partial charge in [0, 0.05) is 11.1 Å². The Hall–Kier alpha value is -0.480. The minimum atomic E-state index is -0.879. The summed E-state index contributed by atoms with van der Waals surface area (Å²) in [6.45, 7) is 4.35. The molecule has 20 heavy (non-hydrogen) atoms. The van der Waals surface area contributed by atoms with Crippen LogP contribution >= 0.6 is 15.9 Å². The Bertz CT molecular complexity index is 490. The molecule has 0 radical (unpaired) electrons. The van der Waals surface area contributed by atoms with Crippen molar-refractivity contribution in [3.8, 4) is 0 Å². The molecule has 0 bridgehead atoms. The highest BCUT2D eigenvalue weighted by molar-refractivity contribution is 9.10. The largest absolute Gasteiger partial charge is 0.321 e. The molecule has 1 aromatic rings. The first-order chi connectivity index (χ1) is 9.33. The molecule has 1 nitrogen and oxygen atoms in total. The topological polar surface area (TPSA) is 26.0 Å². The number of rotatable bonds is 3. The second kappa shape index (κ2) is 6.10. The molecule has 2 unspecified atom stereocenters. The lowest BCUT2D eigenvalue weighted by molar-refractivity contribution is 0.193. The van der Waals surface area contributed by atoms with Gasteiger partial charge in [-0.1, -0.05) is 26.7 Å². The third kappa shape index (κ3) is 3.22. The molecule has 1 aliphatic carbocycles. The predicted octanol–water partition coefficient (Wildman–Crippen LogP) is 5.12. The Morgan fingerprint density at radius 2 is 2.10 bits per heavy atom. The van der Waals surface area contributed by atoms with E-state index in [0.717, 1.165) is 19.3 Å². The summed E-state index contributed by atoms with van der Waals surface area (Å²) in [6.07, 6.45) is 4.41. The van der Waals surface area contributed by atoms with Crippen molar-refractivity contribution in [3.63, 3.8) is 0 Å². The molecule has 1 saturated carbocycles. The van der Waals surface area contributed by atoms with Crippen molar-refractivity contribution in [1.82, 2.24) is 0 Å². The first-order valence-electron chi connectivity index (χ1n) is 7.26. The van der Waals surface area contributed by atoms with E-state index in [1.165, 1.54) is 12.1 Å². The van der Waals surface area contributed by atoms with Crippen LogP contribution in [0.5, 0.6) is 0 Å². The molecule has 0 aromatic heterocycles. The van der Waals surface area contributed by atoms with Crippen LogP contribution in [0.1, 0.15) is 51.5 Å². The van der Waals surface area contributed by atoms with Gasteiger partial charge in [0.15, 0.2) is 0 Å². The Morgan fingerprint density at radius 1 is 1.40 bits per heavy atom. The van der Waals surface area contributed by atoms with Gasteiger partial charge in [-0.05, 0) is 59.2 Å². The molecular formula is C16H22BrF2N. The zero-order valence-electron chi connectivity index (χ0n) is 12.1. The van der Waals surface area contributed by atoms with Crippen molar-refractivity contribution >= 4 is 15.9 Å². The zero-order chi connectivity index (χ0) is 14.9. The van der Waals surface area contributed by atoms with Crippen LogP contribution in [0.3, 0.4) is 0 Å². The van der Waals surface area contributed by atoms with Gasteiger partial charge in [0.05, 0.1) is 4.47 Å². The second-order valence-electron chi connectivity index (χ2n) is 6.47. The summed E-state index contributed by atoms with van der Waals surface area (Å²) in [6, 6.07) is 2.69. The average Bonchev–Trinajstić information content (AvgIpc) is 2.33. The molecule has 0 saturated heterocycles. The lowest BCUT2D eigenvalue weighted by Gasteiger charge is -2.39. The van der Waals surface area contributed by atoms with Gasteiger partial charge in [-0.15, -0.1) is 0 Å². The van der Waals surface area contributed by atoms with Gasteiger partial charge in [-0.2, -0.15) is 0 Å². The Kier molecular flexibility index (Phi) is 4.85. The highest BCUT2D eigenvalue weighted by Crippen LogP contribution is 2.43. The Labute approximate surface area is 128 Å². The molecule has 2 N–H and O–H groups in total. The van der Waals surface area contributed by atoms with E-state index in [1.54, 1.807) is 0 Å². The summed E-state index contributed by atoms with van der Waals surface area (Å²) >= 11 is 3.13. The van der Waals surface area contributed by atoms with Gasteiger partial charge in [0.2, 0.25) is 0 Å². The molecular weight excluding hydrogens is 324 g/mol. The molecule has 112 valence electrons. The van der Waals surface area contributed by atoms with Crippen LogP contribution in [0.15, 0.2) is 16.6 Å². The van der Waals surface area contributed by atoms with Gasteiger partial charge in [0.25, 0.3) is 0 Å². The van der Waals surface area contributed by atoms with Crippen molar-refractivity contribution in [1.29, 1.82) is 0 Å². The lowest BCUT2D eigenvalue weighted by Crippen LogP contribution is -2.43. The Balaban J connectivity index is 2.33. The third-order valence-corrected chi connectivity index (χ3v) is 4.85. The van der Waals surface area contributed by atoms with E-state index >= 15 is 0 Å². The van der Waals surface area contributed by atoms with Gasteiger partial charge >= 0.3 is 0 Å². The molecule has 2 rings (SSSR count). The van der Waals surface area contributed by atoms with E-state index < -0.39 is 17.2 Å². The maximum atomic E-state index is 14.3.